The third-order valence-corrected chi connectivity index (χ3v) is 4.09. The summed E-state index contributed by atoms with van der Waals surface area (Å²) in [5, 5.41) is 9.01. The highest BCUT2D eigenvalue weighted by Crippen LogP contribution is 2.19. The molecule has 0 saturated carbocycles. The predicted octanol–water partition coefficient (Wildman–Crippen LogP) is 2.47. The Bertz CT molecular complexity index is 217. The van der Waals surface area contributed by atoms with Crippen LogP contribution >= 0.6 is 0 Å². The second kappa shape index (κ2) is 5.39. The Hall–Kier alpha value is -0.360. The lowest BCUT2D eigenvalue weighted by Crippen LogP contribution is -2.18. The van der Waals surface area contributed by atoms with Gasteiger partial charge < -0.3 is 0 Å². The zero-order valence-corrected chi connectivity index (χ0v) is 9.78. The van der Waals surface area contributed by atoms with Gasteiger partial charge in [-0.1, -0.05) is 13.8 Å². The minimum atomic E-state index is -0.764. The standard InChI is InChI=1S/C10H19NOS/c1-5-9(2)13(12)7-6-10(3,4)8-11/h9H,5-7H2,1-4H3. The topological polar surface area (TPSA) is 40.9 Å². The average Bonchev–Trinajstić information content (AvgIpc) is 2.13. The van der Waals surface area contributed by atoms with Crippen LogP contribution in [0.25, 0.3) is 0 Å². The molecule has 0 rings (SSSR count). The van der Waals surface area contributed by atoms with E-state index in [0.717, 1.165) is 12.8 Å². The Labute approximate surface area is 83.8 Å². The van der Waals surface area contributed by atoms with Crippen molar-refractivity contribution < 1.29 is 4.21 Å². The SMILES string of the molecule is CCC(C)S(=O)CCC(C)(C)C#N. The van der Waals surface area contributed by atoms with E-state index in [-0.39, 0.29) is 10.7 Å². The number of hydrogen-bond donors (Lipinski definition) is 0. The Morgan fingerprint density at radius 3 is 2.46 bits per heavy atom. The van der Waals surface area contributed by atoms with Crippen LogP contribution in [0.5, 0.6) is 0 Å². The molecule has 0 aliphatic heterocycles. The van der Waals surface area contributed by atoms with Crippen molar-refractivity contribution in [2.24, 2.45) is 5.41 Å². The first-order valence-corrected chi connectivity index (χ1v) is 6.09. The van der Waals surface area contributed by atoms with Crippen LogP contribution in [-0.2, 0) is 10.8 Å². The number of nitriles is 1. The van der Waals surface area contributed by atoms with E-state index in [2.05, 4.69) is 6.07 Å². The molecule has 0 aromatic heterocycles. The van der Waals surface area contributed by atoms with Crippen LogP contribution in [0.2, 0.25) is 0 Å². The van der Waals surface area contributed by atoms with Gasteiger partial charge in [0.25, 0.3) is 0 Å². The maximum absolute atomic E-state index is 11.5. The third-order valence-electron chi connectivity index (χ3n) is 2.25. The van der Waals surface area contributed by atoms with Crippen molar-refractivity contribution >= 4 is 10.8 Å². The van der Waals surface area contributed by atoms with Crippen molar-refractivity contribution in [3.8, 4) is 6.07 Å². The van der Waals surface area contributed by atoms with Crippen molar-refractivity contribution in [3.05, 3.63) is 0 Å². The van der Waals surface area contributed by atoms with E-state index in [0.29, 0.717) is 5.75 Å². The van der Waals surface area contributed by atoms with Gasteiger partial charge in [0.1, 0.15) is 0 Å². The molecule has 0 saturated heterocycles. The van der Waals surface area contributed by atoms with E-state index in [9.17, 15) is 4.21 Å². The van der Waals surface area contributed by atoms with Gasteiger partial charge in [-0.2, -0.15) is 5.26 Å². The second-order valence-corrected chi connectivity index (χ2v) is 6.02. The maximum Gasteiger partial charge on any atom is 0.0684 e. The van der Waals surface area contributed by atoms with Gasteiger partial charge in [-0.3, -0.25) is 4.21 Å². The largest absolute Gasteiger partial charge is 0.259 e. The molecule has 0 aromatic carbocycles. The molecule has 0 spiro atoms. The fraction of sp³-hybridized carbons (Fsp3) is 0.900. The Morgan fingerprint density at radius 1 is 1.54 bits per heavy atom. The molecule has 0 N–H and O–H groups in total. The highest BCUT2D eigenvalue weighted by molar-refractivity contribution is 7.85. The lowest BCUT2D eigenvalue weighted by atomic mass is 9.93. The van der Waals surface area contributed by atoms with Crippen molar-refractivity contribution in [1.29, 1.82) is 5.26 Å². The van der Waals surface area contributed by atoms with Crippen molar-refractivity contribution in [1.82, 2.24) is 0 Å². The molecule has 0 heterocycles. The number of rotatable bonds is 5. The molecule has 0 aliphatic rings. The molecule has 0 radical (unpaired) electrons. The fourth-order valence-corrected chi connectivity index (χ4v) is 2.28. The monoisotopic (exact) mass is 201 g/mol. The quantitative estimate of drug-likeness (QED) is 0.685. The highest BCUT2D eigenvalue weighted by atomic mass is 32.2. The summed E-state index contributed by atoms with van der Waals surface area (Å²) in [4.78, 5) is 0. The van der Waals surface area contributed by atoms with E-state index >= 15 is 0 Å². The smallest absolute Gasteiger partial charge is 0.0684 e. The molecule has 3 heteroatoms. The maximum atomic E-state index is 11.5. The molecular weight excluding hydrogens is 182 g/mol. The molecule has 2 unspecified atom stereocenters. The Balaban J connectivity index is 3.91. The van der Waals surface area contributed by atoms with Gasteiger partial charge >= 0.3 is 0 Å². The average molecular weight is 201 g/mol. The molecule has 0 aromatic rings. The van der Waals surface area contributed by atoms with E-state index < -0.39 is 10.8 Å². The van der Waals surface area contributed by atoms with Gasteiger partial charge in [0, 0.05) is 21.8 Å². The summed E-state index contributed by atoms with van der Waals surface area (Å²) in [6, 6.07) is 2.22. The van der Waals surface area contributed by atoms with Crippen molar-refractivity contribution in [2.45, 2.75) is 45.8 Å². The third kappa shape index (κ3) is 5.05. The van der Waals surface area contributed by atoms with Crippen molar-refractivity contribution in [2.75, 3.05) is 5.75 Å². The molecular formula is C10H19NOS. The van der Waals surface area contributed by atoms with Crippen LogP contribution in [0.15, 0.2) is 0 Å². The lowest BCUT2D eigenvalue weighted by molar-refractivity contribution is 0.478. The van der Waals surface area contributed by atoms with Gasteiger partial charge in [-0.15, -0.1) is 0 Å². The van der Waals surface area contributed by atoms with Gasteiger partial charge in [0.05, 0.1) is 11.5 Å². The van der Waals surface area contributed by atoms with Gasteiger partial charge in [0.2, 0.25) is 0 Å². The molecule has 2 nitrogen and oxygen atoms in total. The second-order valence-electron chi connectivity index (χ2n) is 4.05. The summed E-state index contributed by atoms with van der Waals surface area (Å²) < 4.78 is 11.5. The van der Waals surface area contributed by atoms with Crippen LogP contribution in [0.3, 0.4) is 0 Å². The first kappa shape index (κ1) is 12.6. The van der Waals surface area contributed by atoms with Gasteiger partial charge in [0.15, 0.2) is 0 Å². The molecule has 2 atom stereocenters. The van der Waals surface area contributed by atoms with Gasteiger partial charge in [-0.25, -0.2) is 0 Å². The van der Waals surface area contributed by atoms with Gasteiger partial charge in [-0.05, 0) is 26.7 Å². The van der Waals surface area contributed by atoms with Crippen LogP contribution in [-0.4, -0.2) is 15.2 Å². The number of nitrogens with zero attached hydrogens (tertiary/aromatic N) is 1. The van der Waals surface area contributed by atoms with E-state index in [1.54, 1.807) is 0 Å². The summed E-state index contributed by atoms with van der Waals surface area (Å²) in [6.45, 7) is 7.81. The molecule has 0 fully saturated rings. The van der Waals surface area contributed by atoms with Crippen LogP contribution in [0.1, 0.15) is 40.5 Å². The molecule has 0 aliphatic carbocycles. The number of hydrogen-bond acceptors (Lipinski definition) is 2. The minimum absolute atomic E-state index is 0.259. The predicted molar refractivity (Wildman–Crippen MR) is 56.8 cm³/mol. The summed E-state index contributed by atoms with van der Waals surface area (Å²) in [6.07, 6.45) is 1.67. The first-order valence-electron chi connectivity index (χ1n) is 4.71. The molecule has 0 amide bonds. The zero-order valence-electron chi connectivity index (χ0n) is 8.96. The van der Waals surface area contributed by atoms with Crippen LogP contribution in [0.4, 0.5) is 0 Å². The van der Waals surface area contributed by atoms with Crippen LogP contribution in [0, 0.1) is 16.7 Å². The summed E-state index contributed by atoms with van der Waals surface area (Å²) in [5.41, 5.74) is -0.330. The summed E-state index contributed by atoms with van der Waals surface area (Å²) in [5.74, 6) is 0.648. The highest BCUT2D eigenvalue weighted by Gasteiger charge is 2.19. The fourth-order valence-electron chi connectivity index (χ4n) is 0.799. The summed E-state index contributed by atoms with van der Waals surface area (Å²) in [7, 11) is -0.764. The molecule has 76 valence electrons. The van der Waals surface area contributed by atoms with Crippen LogP contribution < -0.4 is 0 Å². The van der Waals surface area contributed by atoms with E-state index in [1.807, 2.05) is 27.7 Å². The molecule has 13 heavy (non-hydrogen) atoms. The minimum Gasteiger partial charge on any atom is -0.259 e. The molecule has 0 bridgehead atoms. The summed E-state index contributed by atoms with van der Waals surface area (Å²) >= 11 is 0. The Kier molecular flexibility index (Phi) is 5.24. The zero-order chi connectivity index (χ0) is 10.5. The van der Waals surface area contributed by atoms with E-state index in [1.165, 1.54) is 0 Å². The normalized spacial score (nSPS) is 16.2. The van der Waals surface area contributed by atoms with Crippen molar-refractivity contribution in [3.63, 3.8) is 0 Å². The Morgan fingerprint density at radius 2 is 2.08 bits per heavy atom. The first-order chi connectivity index (χ1) is 5.93. The van der Waals surface area contributed by atoms with E-state index in [4.69, 9.17) is 5.26 Å². The lowest BCUT2D eigenvalue weighted by Gasteiger charge is -2.15.